The summed E-state index contributed by atoms with van der Waals surface area (Å²) >= 11 is 0. The minimum Gasteiger partial charge on any atom is -0.493 e. The monoisotopic (exact) mass is 256 g/mol. The van der Waals surface area contributed by atoms with Gasteiger partial charge in [-0.3, -0.25) is 4.79 Å². The third-order valence-electron chi connectivity index (χ3n) is 2.62. The second-order valence-electron chi connectivity index (χ2n) is 4.08. The third kappa shape index (κ3) is 3.35. The molecule has 1 aromatic carbocycles. The van der Waals surface area contributed by atoms with E-state index in [2.05, 4.69) is 0 Å². The molecular weight excluding hydrogens is 240 g/mol. The van der Waals surface area contributed by atoms with Gasteiger partial charge in [0.25, 0.3) is 0 Å². The van der Waals surface area contributed by atoms with Gasteiger partial charge in [-0.15, -0.1) is 0 Å². The van der Waals surface area contributed by atoms with Crippen molar-refractivity contribution in [3.63, 3.8) is 0 Å². The second kappa shape index (κ2) is 6.05. The van der Waals surface area contributed by atoms with Gasteiger partial charge in [0.1, 0.15) is 11.5 Å². The highest BCUT2D eigenvalue weighted by molar-refractivity contribution is 6.05. The topological polar surface area (TPSA) is 39.4 Å². The third-order valence-corrected chi connectivity index (χ3v) is 2.62. The minimum atomic E-state index is -0.153. The van der Waals surface area contributed by atoms with Gasteiger partial charge in [0.2, 0.25) is 5.78 Å². The van der Waals surface area contributed by atoms with Gasteiger partial charge < -0.3 is 9.15 Å². The molecule has 0 spiro atoms. The zero-order chi connectivity index (χ0) is 13.7. The standard InChI is InChI=1S/C16H16O3/c1-3-18-15-7-5-4-6-13(15)9-10-14(17)16-11-8-12(2)19-16/h4-11H,3H2,1-2H3. The molecule has 2 aromatic rings. The molecule has 19 heavy (non-hydrogen) atoms. The van der Waals surface area contributed by atoms with Crippen molar-refractivity contribution < 1.29 is 13.9 Å². The molecule has 0 bridgehead atoms. The highest BCUT2D eigenvalue weighted by Gasteiger charge is 2.06. The number of furan rings is 1. The Morgan fingerprint density at radius 3 is 2.74 bits per heavy atom. The van der Waals surface area contributed by atoms with E-state index in [0.29, 0.717) is 12.4 Å². The average molecular weight is 256 g/mol. The Labute approximate surface area is 112 Å². The summed E-state index contributed by atoms with van der Waals surface area (Å²) in [7, 11) is 0. The first-order valence-corrected chi connectivity index (χ1v) is 6.21. The molecule has 0 atom stereocenters. The van der Waals surface area contributed by atoms with Crippen LogP contribution in [0, 0.1) is 6.92 Å². The fraction of sp³-hybridized carbons (Fsp3) is 0.188. The van der Waals surface area contributed by atoms with Crippen LogP contribution in [0.4, 0.5) is 0 Å². The number of ether oxygens (including phenoxy) is 1. The number of aryl methyl sites for hydroxylation is 1. The average Bonchev–Trinajstić information content (AvgIpc) is 2.84. The highest BCUT2D eigenvalue weighted by Crippen LogP contribution is 2.19. The molecule has 0 N–H and O–H groups in total. The van der Waals surface area contributed by atoms with Gasteiger partial charge in [-0.2, -0.15) is 0 Å². The lowest BCUT2D eigenvalue weighted by Gasteiger charge is -2.05. The van der Waals surface area contributed by atoms with E-state index in [1.807, 2.05) is 38.1 Å². The fourth-order valence-electron chi connectivity index (χ4n) is 1.72. The second-order valence-corrected chi connectivity index (χ2v) is 4.08. The highest BCUT2D eigenvalue weighted by atomic mass is 16.5. The van der Waals surface area contributed by atoms with E-state index in [1.54, 1.807) is 18.2 Å². The van der Waals surface area contributed by atoms with E-state index >= 15 is 0 Å². The molecule has 0 fully saturated rings. The number of hydrogen-bond donors (Lipinski definition) is 0. The Morgan fingerprint density at radius 1 is 1.26 bits per heavy atom. The Hall–Kier alpha value is -2.29. The number of carbonyl (C=O) groups is 1. The molecule has 1 heterocycles. The van der Waals surface area contributed by atoms with Crippen molar-refractivity contribution in [1.29, 1.82) is 0 Å². The molecule has 3 heteroatoms. The minimum absolute atomic E-state index is 0.153. The maximum atomic E-state index is 11.9. The first-order valence-electron chi connectivity index (χ1n) is 6.21. The van der Waals surface area contributed by atoms with Gasteiger partial charge >= 0.3 is 0 Å². The first kappa shape index (κ1) is 13.1. The van der Waals surface area contributed by atoms with Crippen LogP contribution in [0.3, 0.4) is 0 Å². The smallest absolute Gasteiger partial charge is 0.221 e. The largest absolute Gasteiger partial charge is 0.493 e. The summed E-state index contributed by atoms with van der Waals surface area (Å²) in [5, 5.41) is 0. The first-order chi connectivity index (χ1) is 9.20. The van der Waals surface area contributed by atoms with Crippen molar-refractivity contribution in [1.82, 2.24) is 0 Å². The zero-order valence-electron chi connectivity index (χ0n) is 11.1. The predicted octanol–water partition coefficient (Wildman–Crippen LogP) is 3.88. The summed E-state index contributed by atoms with van der Waals surface area (Å²) < 4.78 is 10.8. The fourth-order valence-corrected chi connectivity index (χ4v) is 1.72. The lowest BCUT2D eigenvalue weighted by Crippen LogP contribution is -1.94. The van der Waals surface area contributed by atoms with Crippen LogP contribution in [-0.4, -0.2) is 12.4 Å². The molecular formula is C16H16O3. The summed E-state index contributed by atoms with van der Waals surface area (Å²) in [5.41, 5.74) is 0.876. The molecule has 0 aliphatic rings. The quantitative estimate of drug-likeness (QED) is 0.602. The van der Waals surface area contributed by atoms with Crippen LogP contribution in [0.1, 0.15) is 28.8 Å². The van der Waals surface area contributed by atoms with Crippen LogP contribution in [0.25, 0.3) is 6.08 Å². The van der Waals surface area contributed by atoms with Crippen molar-refractivity contribution in [2.24, 2.45) is 0 Å². The van der Waals surface area contributed by atoms with Crippen molar-refractivity contribution in [3.05, 3.63) is 59.6 Å². The van der Waals surface area contributed by atoms with Crippen LogP contribution in [0.5, 0.6) is 5.75 Å². The molecule has 0 saturated heterocycles. The van der Waals surface area contributed by atoms with Crippen molar-refractivity contribution >= 4 is 11.9 Å². The van der Waals surface area contributed by atoms with Crippen molar-refractivity contribution in [3.8, 4) is 5.75 Å². The summed E-state index contributed by atoms with van der Waals surface area (Å²) in [6, 6.07) is 11.0. The van der Waals surface area contributed by atoms with Crippen molar-refractivity contribution in [2.45, 2.75) is 13.8 Å². The van der Waals surface area contributed by atoms with Crippen molar-refractivity contribution in [2.75, 3.05) is 6.61 Å². The normalized spacial score (nSPS) is 10.8. The van der Waals surface area contributed by atoms with Crippen LogP contribution in [0.15, 0.2) is 46.9 Å². The molecule has 0 unspecified atom stereocenters. The lowest BCUT2D eigenvalue weighted by molar-refractivity contribution is 0.102. The number of benzene rings is 1. The Bertz CT molecular complexity index is 594. The van der Waals surface area contributed by atoms with Gasteiger partial charge in [0.05, 0.1) is 6.61 Å². The van der Waals surface area contributed by atoms with Crippen LogP contribution in [0.2, 0.25) is 0 Å². The number of para-hydroxylation sites is 1. The summed E-state index contributed by atoms with van der Waals surface area (Å²) in [4.78, 5) is 11.9. The molecule has 1 aromatic heterocycles. The Kier molecular flexibility index (Phi) is 4.18. The van der Waals surface area contributed by atoms with Crippen LogP contribution in [-0.2, 0) is 0 Å². The number of carbonyl (C=O) groups excluding carboxylic acids is 1. The summed E-state index contributed by atoms with van der Waals surface area (Å²) in [6.07, 6.45) is 3.24. The molecule has 0 amide bonds. The SMILES string of the molecule is CCOc1ccccc1C=CC(=O)c1ccc(C)o1. The van der Waals surface area contributed by atoms with Gasteiger partial charge in [0, 0.05) is 5.56 Å². The predicted molar refractivity (Wildman–Crippen MR) is 74.4 cm³/mol. The maximum Gasteiger partial charge on any atom is 0.221 e. The molecule has 0 radical (unpaired) electrons. The summed E-state index contributed by atoms with van der Waals surface area (Å²) in [6.45, 7) is 4.33. The van der Waals surface area contributed by atoms with E-state index in [-0.39, 0.29) is 5.78 Å². The van der Waals surface area contributed by atoms with E-state index < -0.39 is 0 Å². The number of hydrogen-bond acceptors (Lipinski definition) is 3. The molecule has 0 saturated carbocycles. The molecule has 3 nitrogen and oxygen atoms in total. The number of rotatable bonds is 5. The summed E-state index contributed by atoms with van der Waals surface area (Å²) in [5.74, 6) is 1.69. The van der Waals surface area contributed by atoms with E-state index in [4.69, 9.17) is 9.15 Å². The lowest BCUT2D eigenvalue weighted by atomic mass is 10.1. The van der Waals surface area contributed by atoms with Crippen LogP contribution >= 0.6 is 0 Å². The molecule has 0 aliphatic carbocycles. The Balaban J connectivity index is 2.16. The maximum absolute atomic E-state index is 11.9. The van der Waals surface area contributed by atoms with E-state index in [0.717, 1.165) is 17.1 Å². The zero-order valence-corrected chi connectivity index (χ0v) is 11.1. The number of ketones is 1. The molecule has 98 valence electrons. The van der Waals surface area contributed by atoms with Gasteiger partial charge in [-0.1, -0.05) is 18.2 Å². The molecule has 2 rings (SSSR count). The van der Waals surface area contributed by atoms with Crippen LogP contribution < -0.4 is 4.74 Å². The van der Waals surface area contributed by atoms with Gasteiger partial charge in [0.15, 0.2) is 5.76 Å². The Morgan fingerprint density at radius 2 is 2.05 bits per heavy atom. The van der Waals surface area contributed by atoms with Gasteiger partial charge in [-0.05, 0) is 44.2 Å². The van der Waals surface area contributed by atoms with E-state index in [9.17, 15) is 4.79 Å². The molecule has 0 aliphatic heterocycles. The number of allylic oxidation sites excluding steroid dienone is 1. The van der Waals surface area contributed by atoms with Gasteiger partial charge in [-0.25, -0.2) is 0 Å². The van der Waals surface area contributed by atoms with E-state index in [1.165, 1.54) is 6.08 Å².